The second kappa shape index (κ2) is 4.23. The summed E-state index contributed by atoms with van der Waals surface area (Å²) in [6.07, 6.45) is 0. The first kappa shape index (κ1) is 10.5. The van der Waals surface area contributed by atoms with E-state index in [1.807, 2.05) is 7.05 Å². The average molecular weight is 204 g/mol. The Balaban J connectivity index is 2.34. The van der Waals surface area contributed by atoms with E-state index in [2.05, 4.69) is 42.3 Å². The van der Waals surface area contributed by atoms with Crippen LogP contribution in [0.1, 0.15) is 24.0 Å². The van der Waals surface area contributed by atoms with Gasteiger partial charge in [0, 0.05) is 31.2 Å². The van der Waals surface area contributed by atoms with Gasteiger partial charge in [0.2, 0.25) is 0 Å². The van der Waals surface area contributed by atoms with Gasteiger partial charge in [-0.2, -0.15) is 0 Å². The Morgan fingerprint density at radius 3 is 2.93 bits per heavy atom. The molecule has 2 nitrogen and oxygen atoms in total. The fraction of sp³-hybridized carbons (Fsp3) is 0.538. The van der Waals surface area contributed by atoms with Crippen molar-refractivity contribution in [1.82, 2.24) is 5.32 Å². The van der Waals surface area contributed by atoms with Crippen LogP contribution in [0.5, 0.6) is 0 Å². The summed E-state index contributed by atoms with van der Waals surface area (Å²) in [6, 6.07) is 6.82. The summed E-state index contributed by atoms with van der Waals surface area (Å²) in [4.78, 5) is 2.47. The smallest absolute Gasteiger partial charge is 0.0403 e. The number of rotatable bonds is 3. The lowest BCUT2D eigenvalue weighted by Crippen LogP contribution is -2.25. The average Bonchev–Trinajstić information content (AvgIpc) is 2.57. The summed E-state index contributed by atoms with van der Waals surface area (Å²) in [7, 11) is 2.03. The zero-order valence-corrected chi connectivity index (χ0v) is 9.88. The molecule has 0 radical (unpaired) electrons. The second-order valence-corrected chi connectivity index (χ2v) is 4.36. The largest absolute Gasteiger partial charge is 0.371 e. The number of hydrogen-bond donors (Lipinski definition) is 1. The van der Waals surface area contributed by atoms with Gasteiger partial charge < -0.3 is 10.2 Å². The first-order valence-corrected chi connectivity index (χ1v) is 5.76. The van der Waals surface area contributed by atoms with Crippen LogP contribution in [0, 0.1) is 6.92 Å². The van der Waals surface area contributed by atoms with Gasteiger partial charge in [-0.3, -0.25) is 0 Å². The third-order valence-electron chi connectivity index (χ3n) is 3.24. The Labute approximate surface area is 92.3 Å². The van der Waals surface area contributed by atoms with Crippen molar-refractivity contribution in [3.05, 3.63) is 29.3 Å². The Morgan fingerprint density at radius 1 is 1.47 bits per heavy atom. The van der Waals surface area contributed by atoms with Crippen LogP contribution in [-0.4, -0.2) is 26.7 Å². The Kier molecular flexibility index (Phi) is 2.96. The van der Waals surface area contributed by atoms with Gasteiger partial charge in [-0.1, -0.05) is 17.7 Å². The highest BCUT2D eigenvalue weighted by molar-refractivity contribution is 5.61. The van der Waals surface area contributed by atoms with Crippen molar-refractivity contribution in [2.45, 2.75) is 19.8 Å². The summed E-state index contributed by atoms with van der Waals surface area (Å²) in [5.41, 5.74) is 4.32. The van der Waals surface area contributed by atoms with Crippen LogP contribution in [-0.2, 0) is 0 Å². The van der Waals surface area contributed by atoms with Gasteiger partial charge in [0.25, 0.3) is 0 Å². The summed E-state index contributed by atoms with van der Waals surface area (Å²) < 4.78 is 0. The molecular weight excluding hydrogens is 184 g/mol. The summed E-state index contributed by atoms with van der Waals surface area (Å²) in [5, 5.41) is 3.29. The van der Waals surface area contributed by atoms with Crippen LogP contribution < -0.4 is 10.2 Å². The molecule has 0 amide bonds. The molecule has 0 spiro atoms. The Morgan fingerprint density at radius 2 is 2.27 bits per heavy atom. The minimum atomic E-state index is 0.657. The Bertz CT molecular complexity index is 346. The van der Waals surface area contributed by atoms with E-state index in [0.717, 1.165) is 19.6 Å². The van der Waals surface area contributed by atoms with Crippen LogP contribution in [0.15, 0.2) is 18.2 Å². The lowest BCUT2D eigenvalue weighted by Gasteiger charge is -2.17. The molecule has 0 fully saturated rings. The SMILES string of the molecule is CCN1CC(CNC)c2cc(C)ccc21. The maximum atomic E-state index is 3.29. The van der Waals surface area contributed by atoms with Gasteiger partial charge in [0.15, 0.2) is 0 Å². The molecule has 1 aliphatic rings. The number of fused-ring (bicyclic) bond motifs is 1. The number of benzene rings is 1. The van der Waals surface area contributed by atoms with Gasteiger partial charge in [0.1, 0.15) is 0 Å². The first-order chi connectivity index (χ1) is 7.26. The molecule has 0 aromatic heterocycles. The van der Waals surface area contributed by atoms with E-state index in [-0.39, 0.29) is 0 Å². The lowest BCUT2D eigenvalue weighted by atomic mass is 9.99. The molecule has 82 valence electrons. The number of nitrogens with zero attached hydrogens (tertiary/aromatic N) is 1. The molecule has 1 aliphatic heterocycles. The molecule has 0 saturated heterocycles. The quantitative estimate of drug-likeness (QED) is 0.811. The van der Waals surface area contributed by atoms with Gasteiger partial charge in [-0.05, 0) is 32.5 Å². The molecule has 1 aromatic rings. The minimum absolute atomic E-state index is 0.657. The first-order valence-electron chi connectivity index (χ1n) is 5.76. The highest BCUT2D eigenvalue weighted by Crippen LogP contribution is 2.36. The van der Waals surface area contributed by atoms with Crippen molar-refractivity contribution in [2.75, 3.05) is 31.6 Å². The zero-order valence-electron chi connectivity index (χ0n) is 9.88. The van der Waals surface area contributed by atoms with Crippen molar-refractivity contribution in [1.29, 1.82) is 0 Å². The fourth-order valence-electron chi connectivity index (χ4n) is 2.47. The van der Waals surface area contributed by atoms with Gasteiger partial charge in [0.05, 0.1) is 0 Å². The van der Waals surface area contributed by atoms with Crippen LogP contribution in [0.3, 0.4) is 0 Å². The molecule has 1 atom stereocenters. The molecular formula is C13H20N2. The minimum Gasteiger partial charge on any atom is -0.371 e. The van der Waals surface area contributed by atoms with E-state index in [1.165, 1.54) is 16.8 Å². The van der Waals surface area contributed by atoms with Crippen molar-refractivity contribution in [2.24, 2.45) is 0 Å². The zero-order chi connectivity index (χ0) is 10.8. The van der Waals surface area contributed by atoms with Gasteiger partial charge in [-0.25, -0.2) is 0 Å². The predicted molar refractivity (Wildman–Crippen MR) is 65.7 cm³/mol. The molecule has 1 aromatic carbocycles. The third-order valence-corrected chi connectivity index (χ3v) is 3.24. The van der Waals surface area contributed by atoms with E-state index in [1.54, 1.807) is 0 Å². The lowest BCUT2D eigenvalue weighted by molar-refractivity contribution is 0.644. The van der Waals surface area contributed by atoms with E-state index in [9.17, 15) is 0 Å². The van der Waals surface area contributed by atoms with Crippen LogP contribution in [0.2, 0.25) is 0 Å². The van der Waals surface area contributed by atoms with Crippen molar-refractivity contribution in [3.63, 3.8) is 0 Å². The molecule has 15 heavy (non-hydrogen) atoms. The molecule has 2 rings (SSSR count). The van der Waals surface area contributed by atoms with Crippen LogP contribution in [0.4, 0.5) is 5.69 Å². The highest BCUT2D eigenvalue weighted by atomic mass is 15.2. The molecule has 2 heteroatoms. The highest BCUT2D eigenvalue weighted by Gasteiger charge is 2.26. The second-order valence-electron chi connectivity index (χ2n) is 4.36. The van der Waals surface area contributed by atoms with Gasteiger partial charge in [-0.15, -0.1) is 0 Å². The van der Waals surface area contributed by atoms with Gasteiger partial charge >= 0.3 is 0 Å². The number of nitrogens with one attached hydrogen (secondary N) is 1. The van der Waals surface area contributed by atoms with Crippen molar-refractivity contribution >= 4 is 5.69 Å². The van der Waals surface area contributed by atoms with E-state index in [0.29, 0.717) is 5.92 Å². The molecule has 0 aliphatic carbocycles. The van der Waals surface area contributed by atoms with E-state index in [4.69, 9.17) is 0 Å². The van der Waals surface area contributed by atoms with Crippen LogP contribution in [0.25, 0.3) is 0 Å². The summed E-state index contributed by atoms with van der Waals surface area (Å²) in [6.45, 7) is 7.75. The summed E-state index contributed by atoms with van der Waals surface area (Å²) >= 11 is 0. The monoisotopic (exact) mass is 204 g/mol. The number of aryl methyl sites for hydroxylation is 1. The maximum absolute atomic E-state index is 3.29. The van der Waals surface area contributed by atoms with Crippen molar-refractivity contribution < 1.29 is 0 Å². The standard InChI is InChI=1S/C13H20N2/c1-4-15-9-11(8-14-3)12-7-10(2)5-6-13(12)15/h5-7,11,14H,4,8-9H2,1-3H3. The van der Waals surface area contributed by atoms with E-state index < -0.39 is 0 Å². The fourth-order valence-corrected chi connectivity index (χ4v) is 2.47. The van der Waals surface area contributed by atoms with Crippen LogP contribution >= 0.6 is 0 Å². The number of likely N-dealkylation sites (N-methyl/N-ethyl adjacent to an activating group) is 2. The number of anilines is 1. The van der Waals surface area contributed by atoms with E-state index >= 15 is 0 Å². The maximum Gasteiger partial charge on any atom is 0.0403 e. The molecule has 1 unspecified atom stereocenters. The Hall–Kier alpha value is -1.02. The number of hydrogen-bond acceptors (Lipinski definition) is 2. The molecule has 1 N–H and O–H groups in total. The normalized spacial score (nSPS) is 19.4. The molecule has 1 heterocycles. The third kappa shape index (κ3) is 1.86. The topological polar surface area (TPSA) is 15.3 Å². The summed E-state index contributed by atoms with van der Waals surface area (Å²) in [5.74, 6) is 0.657. The molecule has 0 bridgehead atoms. The molecule has 0 saturated carbocycles. The van der Waals surface area contributed by atoms with Crippen molar-refractivity contribution in [3.8, 4) is 0 Å². The predicted octanol–water partition coefficient (Wildman–Crippen LogP) is 2.14.